The summed E-state index contributed by atoms with van der Waals surface area (Å²) in [4.78, 5) is 4.64. The first kappa shape index (κ1) is 23.5. The summed E-state index contributed by atoms with van der Waals surface area (Å²) in [6.45, 7) is 5.06. The maximum absolute atomic E-state index is 12.8. The number of alkyl halides is 3. The van der Waals surface area contributed by atoms with Gasteiger partial charge in [0.1, 0.15) is 0 Å². The summed E-state index contributed by atoms with van der Waals surface area (Å²) >= 11 is 1.86. The molecule has 2 aliphatic heterocycles. The lowest BCUT2D eigenvalue weighted by molar-refractivity contribution is -0.137. The van der Waals surface area contributed by atoms with Crippen LogP contribution in [0.2, 0.25) is 0 Å². The third-order valence-corrected chi connectivity index (χ3v) is 8.71. The summed E-state index contributed by atoms with van der Waals surface area (Å²) in [5.74, 6) is 2.89. The van der Waals surface area contributed by atoms with E-state index in [0.29, 0.717) is 11.7 Å². The quantitative estimate of drug-likeness (QED) is 0.515. The van der Waals surface area contributed by atoms with Crippen molar-refractivity contribution in [2.45, 2.75) is 43.8 Å². The molecule has 1 aromatic heterocycles. The number of likely N-dealkylation sites (tertiary alicyclic amines) is 1. The second-order valence-electron chi connectivity index (χ2n) is 9.76. The molecule has 10 heteroatoms. The highest BCUT2D eigenvalue weighted by Gasteiger charge is 2.57. The van der Waals surface area contributed by atoms with E-state index in [1.165, 1.54) is 12.1 Å². The summed E-state index contributed by atoms with van der Waals surface area (Å²) in [6, 6.07) is 7.69. The lowest BCUT2D eigenvalue weighted by Crippen LogP contribution is -2.36. The second-order valence-corrected chi connectivity index (χ2v) is 10.9. The van der Waals surface area contributed by atoms with Crippen molar-refractivity contribution in [2.75, 3.05) is 39.5 Å². The van der Waals surface area contributed by atoms with E-state index in [2.05, 4.69) is 20.1 Å². The maximum Gasteiger partial charge on any atom is 0.416 e. The van der Waals surface area contributed by atoms with Crippen molar-refractivity contribution in [1.82, 2.24) is 20.0 Å². The zero-order chi connectivity index (χ0) is 24.1. The molecule has 2 aromatic rings. The number of halogens is 3. The van der Waals surface area contributed by atoms with Crippen LogP contribution in [-0.4, -0.2) is 70.8 Å². The molecule has 184 valence electrons. The van der Waals surface area contributed by atoms with E-state index in [1.54, 1.807) is 12.1 Å². The van der Waals surface area contributed by atoms with Gasteiger partial charge in [0.15, 0.2) is 11.3 Å². The standard InChI is InChI=1S/C24H30F3N5OS/c1-16-13-20(33-29-16)21-28-31(3)22(30(21)2)34-12-4-10-32-11-9-23(15-32)14-19(23)17-5-7-18(8-6-17)24(25,26)27/h5-8,13,19,22H,4,9-12,14-15H2,1-3H3/t19-,22?,23+/m1/s1. The fourth-order valence-electron chi connectivity index (χ4n) is 5.36. The average molecular weight is 494 g/mol. The Morgan fingerprint density at radius 1 is 1.21 bits per heavy atom. The van der Waals surface area contributed by atoms with Crippen molar-refractivity contribution in [1.29, 1.82) is 0 Å². The Morgan fingerprint density at radius 3 is 2.65 bits per heavy atom. The Hall–Kier alpha value is -2.20. The lowest BCUT2D eigenvalue weighted by Gasteiger charge is -2.26. The first-order valence-corrected chi connectivity index (χ1v) is 12.7. The minimum Gasteiger partial charge on any atom is -0.353 e. The third-order valence-electron chi connectivity index (χ3n) is 7.27. The van der Waals surface area contributed by atoms with E-state index in [9.17, 15) is 13.2 Å². The number of hydrazone groups is 1. The number of amidine groups is 1. The summed E-state index contributed by atoms with van der Waals surface area (Å²) in [5.41, 5.74) is 1.71. The summed E-state index contributed by atoms with van der Waals surface area (Å²) in [5, 5.41) is 10.5. The van der Waals surface area contributed by atoms with Crippen molar-refractivity contribution < 1.29 is 17.7 Å². The van der Waals surface area contributed by atoms with Crippen LogP contribution in [0, 0.1) is 12.3 Å². The molecule has 1 saturated heterocycles. The van der Waals surface area contributed by atoms with Crippen molar-refractivity contribution >= 4 is 17.6 Å². The van der Waals surface area contributed by atoms with Gasteiger partial charge in [-0.05, 0) is 74.1 Å². The maximum atomic E-state index is 12.8. The van der Waals surface area contributed by atoms with E-state index in [0.717, 1.165) is 61.7 Å². The zero-order valence-corrected chi connectivity index (χ0v) is 20.5. The average Bonchev–Trinajstić information content (AvgIpc) is 3.03. The smallest absolute Gasteiger partial charge is 0.353 e. The van der Waals surface area contributed by atoms with E-state index in [-0.39, 0.29) is 10.9 Å². The number of benzene rings is 1. The van der Waals surface area contributed by atoms with Crippen LogP contribution in [-0.2, 0) is 6.18 Å². The second kappa shape index (κ2) is 8.78. The van der Waals surface area contributed by atoms with Crippen molar-refractivity contribution in [3.63, 3.8) is 0 Å². The molecule has 6 nitrogen and oxygen atoms in total. The van der Waals surface area contributed by atoms with Gasteiger partial charge in [0.25, 0.3) is 0 Å². The number of aromatic nitrogens is 1. The molecule has 0 radical (unpaired) electrons. The Balaban J connectivity index is 1.06. The number of hydrogen-bond donors (Lipinski definition) is 0. The molecule has 1 aromatic carbocycles. The van der Waals surface area contributed by atoms with Crippen LogP contribution in [0.25, 0.3) is 0 Å². The van der Waals surface area contributed by atoms with Gasteiger partial charge >= 0.3 is 6.18 Å². The number of hydrogen-bond acceptors (Lipinski definition) is 7. The number of aryl methyl sites for hydroxylation is 1. The zero-order valence-electron chi connectivity index (χ0n) is 19.7. The molecular formula is C24H30F3N5OS. The van der Waals surface area contributed by atoms with Gasteiger partial charge in [-0.1, -0.05) is 17.3 Å². The fraction of sp³-hybridized carbons (Fsp3) is 0.583. The van der Waals surface area contributed by atoms with E-state index < -0.39 is 11.7 Å². The summed E-state index contributed by atoms with van der Waals surface area (Å²) in [7, 11) is 4.00. The van der Waals surface area contributed by atoms with E-state index >= 15 is 0 Å². The number of thioether (sulfide) groups is 1. The van der Waals surface area contributed by atoms with Crippen molar-refractivity contribution in [3.8, 4) is 0 Å². The van der Waals surface area contributed by atoms with Gasteiger partial charge < -0.3 is 14.3 Å². The van der Waals surface area contributed by atoms with Gasteiger partial charge in [0, 0.05) is 26.7 Å². The Labute approximate surface area is 202 Å². The molecule has 5 rings (SSSR count). The highest BCUT2D eigenvalue weighted by Crippen LogP contribution is 2.64. The molecule has 2 fully saturated rings. The van der Waals surface area contributed by atoms with Gasteiger partial charge in [-0.2, -0.15) is 18.3 Å². The van der Waals surface area contributed by atoms with Crippen LogP contribution in [0.3, 0.4) is 0 Å². The summed E-state index contributed by atoms with van der Waals surface area (Å²) in [6.07, 6.45) is -0.969. The summed E-state index contributed by atoms with van der Waals surface area (Å²) < 4.78 is 43.9. The van der Waals surface area contributed by atoms with Gasteiger partial charge in [-0.3, -0.25) is 5.01 Å². The van der Waals surface area contributed by atoms with Crippen LogP contribution < -0.4 is 0 Å². The molecule has 3 aliphatic rings. The van der Waals surface area contributed by atoms with Crippen molar-refractivity contribution in [3.05, 3.63) is 52.9 Å². The molecule has 1 saturated carbocycles. The third kappa shape index (κ3) is 4.54. The van der Waals surface area contributed by atoms with Gasteiger partial charge in [0.05, 0.1) is 11.3 Å². The predicted molar refractivity (Wildman–Crippen MR) is 126 cm³/mol. The lowest BCUT2D eigenvalue weighted by atomic mass is 9.97. The Morgan fingerprint density at radius 2 is 1.97 bits per heavy atom. The van der Waals surface area contributed by atoms with Gasteiger partial charge in [-0.15, -0.1) is 11.8 Å². The predicted octanol–water partition coefficient (Wildman–Crippen LogP) is 4.83. The minimum absolute atomic E-state index is 0.123. The molecule has 1 spiro atoms. The SMILES string of the molecule is Cc1cc(C2=NN(C)C(SCCCN3CC[C@]4(C[C@@H]4c4ccc(C(F)(F)F)cc4)C3)N2C)on1. The minimum atomic E-state index is -4.27. The molecule has 3 atom stereocenters. The first-order valence-electron chi connectivity index (χ1n) is 11.7. The fourth-order valence-corrected chi connectivity index (χ4v) is 6.46. The van der Waals surface area contributed by atoms with Crippen LogP contribution in [0.5, 0.6) is 0 Å². The molecule has 0 bridgehead atoms. The molecule has 1 aliphatic carbocycles. The molecule has 3 heterocycles. The van der Waals surface area contributed by atoms with E-state index in [1.807, 2.05) is 43.9 Å². The Bertz CT molecular complexity index is 1060. The van der Waals surface area contributed by atoms with Crippen molar-refractivity contribution in [2.24, 2.45) is 10.5 Å². The van der Waals surface area contributed by atoms with Crippen LogP contribution in [0.4, 0.5) is 13.2 Å². The van der Waals surface area contributed by atoms with Gasteiger partial charge in [0.2, 0.25) is 5.76 Å². The molecular weight excluding hydrogens is 463 g/mol. The Kier molecular flexibility index (Phi) is 6.08. The van der Waals surface area contributed by atoms with Crippen LogP contribution in [0.15, 0.2) is 40.0 Å². The molecule has 0 amide bonds. The molecule has 34 heavy (non-hydrogen) atoms. The number of nitrogens with zero attached hydrogens (tertiary/aromatic N) is 5. The highest BCUT2D eigenvalue weighted by atomic mass is 32.2. The monoisotopic (exact) mass is 493 g/mol. The van der Waals surface area contributed by atoms with Crippen LogP contribution in [0.1, 0.15) is 47.8 Å². The largest absolute Gasteiger partial charge is 0.416 e. The first-order chi connectivity index (χ1) is 16.2. The normalized spacial score (nSPS) is 27.2. The molecule has 0 N–H and O–H groups in total. The number of rotatable bonds is 7. The van der Waals surface area contributed by atoms with Crippen LogP contribution >= 0.6 is 11.8 Å². The van der Waals surface area contributed by atoms with E-state index in [4.69, 9.17) is 4.52 Å². The molecule has 1 unspecified atom stereocenters. The topological polar surface area (TPSA) is 48.1 Å². The van der Waals surface area contributed by atoms with Gasteiger partial charge in [-0.25, -0.2) is 0 Å². The highest BCUT2D eigenvalue weighted by molar-refractivity contribution is 7.99.